The molecular formula is C17H21NS. The molecule has 4 rings (SSSR count). The predicted octanol–water partition coefficient (Wildman–Crippen LogP) is 4.52. The van der Waals surface area contributed by atoms with Crippen LogP contribution in [-0.2, 0) is 0 Å². The second-order valence-corrected chi connectivity index (χ2v) is 8.49. The van der Waals surface area contributed by atoms with Crippen LogP contribution in [0.5, 0.6) is 0 Å². The smallest absolute Gasteiger partial charge is 0.0990 e. The van der Waals surface area contributed by atoms with Crippen molar-refractivity contribution in [3.63, 3.8) is 0 Å². The number of hydrogen-bond acceptors (Lipinski definition) is 2. The fourth-order valence-corrected chi connectivity index (χ4v) is 6.47. The third-order valence-electron chi connectivity index (χ3n) is 6.27. The Bertz CT molecular complexity index is 562. The highest BCUT2D eigenvalue weighted by atomic mass is 32.2. The Morgan fingerprint density at radius 2 is 1.89 bits per heavy atom. The van der Waals surface area contributed by atoms with E-state index < -0.39 is 0 Å². The average molecular weight is 271 g/mol. The molecule has 2 saturated carbocycles. The number of thioether (sulfide) groups is 1. The highest BCUT2D eigenvalue weighted by molar-refractivity contribution is 8.16. The van der Waals surface area contributed by atoms with Gasteiger partial charge in [-0.15, -0.1) is 0 Å². The van der Waals surface area contributed by atoms with Crippen molar-refractivity contribution in [1.82, 2.24) is 0 Å². The second-order valence-electron chi connectivity index (χ2n) is 7.11. The van der Waals surface area contributed by atoms with Crippen molar-refractivity contribution in [2.75, 3.05) is 0 Å². The Kier molecular flexibility index (Phi) is 2.19. The topological polar surface area (TPSA) is 12.4 Å². The summed E-state index contributed by atoms with van der Waals surface area (Å²) < 4.78 is 0.381. The van der Waals surface area contributed by atoms with E-state index in [1.807, 2.05) is 0 Å². The minimum atomic E-state index is 0.124. The molecular weight excluding hydrogens is 250 g/mol. The van der Waals surface area contributed by atoms with Crippen LogP contribution in [0.3, 0.4) is 0 Å². The van der Waals surface area contributed by atoms with Gasteiger partial charge in [-0.3, -0.25) is 4.99 Å². The highest BCUT2D eigenvalue weighted by Crippen LogP contribution is 2.72. The van der Waals surface area contributed by atoms with Gasteiger partial charge in [0, 0.05) is 10.3 Å². The van der Waals surface area contributed by atoms with Gasteiger partial charge in [0.25, 0.3) is 0 Å². The van der Waals surface area contributed by atoms with E-state index in [2.05, 4.69) is 62.9 Å². The van der Waals surface area contributed by atoms with E-state index in [0.29, 0.717) is 10.2 Å². The summed E-state index contributed by atoms with van der Waals surface area (Å²) in [6, 6.07) is 10.7. The Morgan fingerprint density at radius 3 is 2.58 bits per heavy atom. The molecule has 3 atom stereocenters. The maximum Gasteiger partial charge on any atom is 0.0990 e. The molecule has 1 aliphatic heterocycles. The maximum atomic E-state index is 5.26. The number of benzene rings is 1. The van der Waals surface area contributed by atoms with Gasteiger partial charge in [-0.25, -0.2) is 0 Å². The molecule has 2 unspecified atom stereocenters. The van der Waals surface area contributed by atoms with Crippen molar-refractivity contribution in [2.24, 2.45) is 16.3 Å². The average Bonchev–Trinajstić information content (AvgIpc) is 3.00. The molecule has 1 aromatic rings. The monoisotopic (exact) mass is 271 g/mol. The molecule has 0 N–H and O–H groups in total. The zero-order valence-electron chi connectivity index (χ0n) is 11.9. The van der Waals surface area contributed by atoms with Crippen molar-refractivity contribution >= 4 is 16.8 Å². The first-order valence-electron chi connectivity index (χ1n) is 7.33. The second kappa shape index (κ2) is 3.46. The van der Waals surface area contributed by atoms with Crippen LogP contribution in [0, 0.1) is 11.3 Å². The Labute approximate surface area is 119 Å². The molecule has 0 radical (unpaired) electrons. The largest absolute Gasteiger partial charge is 0.269 e. The lowest BCUT2D eigenvalue weighted by Gasteiger charge is -2.46. The van der Waals surface area contributed by atoms with Crippen molar-refractivity contribution in [3.8, 4) is 0 Å². The fourth-order valence-electron chi connectivity index (χ4n) is 4.61. The SMILES string of the molecule is CC1(C)C2CCC3(C2)SC(c2ccccc2)=N[C@]31C. The number of nitrogens with zero attached hydrogens (tertiary/aromatic N) is 1. The summed E-state index contributed by atoms with van der Waals surface area (Å²) in [6.07, 6.45) is 4.11. The number of fused-ring (bicyclic) bond motifs is 1. The van der Waals surface area contributed by atoms with Gasteiger partial charge in [0.2, 0.25) is 0 Å². The molecule has 1 spiro atoms. The number of aliphatic imine (C=N–C) groups is 1. The van der Waals surface area contributed by atoms with Gasteiger partial charge in [-0.2, -0.15) is 0 Å². The van der Waals surface area contributed by atoms with E-state index in [1.54, 1.807) is 0 Å². The molecule has 0 saturated heterocycles. The van der Waals surface area contributed by atoms with E-state index in [9.17, 15) is 0 Å². The zero-order valence-corrected chi connectivity index (χ0v) is 12.8. The van der Waals surface area contributed by atoms with E-state index in [1.165, 1.54) is 29.9 Å². The zero-order chi connectivity index (χ0) is 13.3. The van der Waals surface area contributed by atoms with Gasteiger partial charge in [0.1, 0.15) is 0 Å². The first-order chi connectivity index (χ1) is 8.99. The summed E-state index contributed by atoms with van der Waals surface area (Å²) >= 11 is 2.07. The van der Waals surface area contributed by atoms with Gasteiger partial charge in [0.05, 0.1) is 10.6 Å². The lowest BCUT2D eigenvalue weighted by Crippen LogP contribution is -2.51. The van der Waals surface area contributed by atoms with E-state index in [-0.39, 0.29) is 5.54 Å². The van der Waals surface area contributed by atoms with Gasteiger partial charge in [-0.05, 0) is 37.5 Å². The lowest BCUT2D eigenvalue weighted by molar-refractivity contribution is 0.118. The third kappa shape index (κ3) is 1.27. The number of rotatable bonds is 1. The van der Waals surface area contributed by atoms with Crippen LogP contribution in [0.15, 0.2) is 35.3 Å². The Hall–Kier alpha value is -0.760. The third-order valence-corrected chi connectivity index (χ3v) is 7.95. The Morgan fingerprint density at radius 1 is 1.16 bits per heavy atom. The summed E-state index contributed by atoms with van der Waals surface area (Å²) in [4.78, 5) is 5.26. The summed E-state index contributed by atoms with van der Waals surface area (Å²) in [7, 11) is 0. The van der Waals surface area contributed by atoms with Crippen molar-refractivity contribution < 1.29 is 0 Å². The molecule has 1 heterocycles. The summed E-state index contributed by atoms with van der Waals surface area (Å²) in [5.74, 6) is 0.867. The molecule has 2 bridgehead atoms. The molecule has 100 valence electrons. The standard InChI is InChI=1S/C17H21NS/c1-15(2)13-9-10-17(11-13)16(15,3)18-14(19-17)12-7-5-4-6-8-12/h4-8,13H,9-11H2,1-3H3/t13?,16-,17?/m0/s1. The molecule has 19 heavy (non-hydrogen) atoms. The predicted molar refractivity (Wildman–Crippen MR) is 82.8 cm³/mol. The van der Waals surface area contributed by atoms with Gasteiger partial charge in [-0.1, -0.05) is 55.9 Å². The van der Waals surface area contributed by atoms with Crippen molar-refractivity contribution in [1.29, 1.82) is 0 Å². The van der Waals surface area contributed by atoms with Crippen molar-refractivity contribution in [3.05, 3.63) is 35.9 Å². The summed E-state index contributed by atoms with van der Waals surface area (Å²) in [6.45, 7) is 7.29. The molecule has 2 aliphatic carbocycles. The first-order valence-corrected chi connectivity index (χ1v) is 8.14. The van der Waals surface area contributed by atoms with Gasteiger partial charge in [0.15, 0.2) is 0 Å². The van der Waals surface area contributed by atoms with Crippen LogP contribution in [0.25, 0.3) is 0 Å². The van der Waals surface area contributed by atoms with Crippen LogP contribution < -0.4 is 0 Å². The van der Waals surface area contributed by atoms with E-state index >= 15 is 0 Å². The molecule has 3 aliphatic rings. The van der Waals surface area contributed by atoms with Crippen molar-refractivity contribution in [2.45, 2.75) is 50.3 Å². The van der Waals surface area contributed by atoms with Crippen LogP contribution in [0.2, 0.25) is 0 Å². The maximum absolute atomic E-state index is 5.26. The lowest BCUT2D eigenvalue weighted by atomic mass is 9.64. The van der Waals surface area contributed by atoms with Crippen LogP contribution in [-0.4, -0.2) is 15.3 Å². The molecule has 0 aromatic heterocycles. The molecule has 1 nitrogen and oxygen atoms in total. The highest BCUT2D eigenvalue weighted by Gasteiger charge is 2.71. The Balaban J connectivity index is 1.83. The number of hydrogen-bond donors (Lipinski definition) is 0. The molecule has 0 amide bonds. The van der Waals surface area contributed by atoms with Crippen LogP contribution in [0.1, 0.15) is 45.6 Å². The van der Waals surface area contributed by atoms with Gasteiger partial charge < -0.3 is 0 Å². The van der Waals surface area contributed by atoms with E-state index in [0.717, 1.165) is 5.92 Å². The van der Waals surface area contributed by atoms with Crippen LogP contribution >= 0.6 is 11.8 Å². The fraction of sp³-hybridized carbons (Fsp3) is 0.588. The minimum Gasteiger partial charge on any atom is -0.269 e. The summed E-state index contributed by atoms with van der Waals surface area (Å²) in [5, 5.41) is 1.27. The first kappa shape index (κ1) is 12.0. The normalized spacial score (nSPS) is 42.3. The molecule has 2 fully saturated rings. The minimum absolute atomic E-state index is 0.124. The van der Waals surface area contributed by atoms with Gasteiger partial charge >= 0.3 is 0 Å². The summed E-state index contributed by atoms with van der Waals surface area (Å²) in [5.41, 5.74) is 1.77. The molecule has 1 aromatic carbocycles. The van der Waals surface area contributed by atoms with E-state index in [4.69, 9.17) is 4.99 Å². The molecule has 2 heteroatoms. The quantitative estimate of drug-likeness (QED) is 0.731. The van der Waals surface area contributed by atoms with Crippen LogP contribution in [0.4, 0.5) is 0 Å².